The third kappa shape index (κ3) is 2.54. The zero-order valence-electron chi connectivity index (χ0n) is 11.7. The highest BCUT2D eigenvalue weighted by Gasteiger charge is 2.08. The quantitative estimate of drug-likeness (QED) is 0.897. The first-order chi connectivity index (χ1) is 8.51. The van der Waals surface area contributed by atoms with Gasteiger partial charge in [0.05, 0.1) is 5.52 Å². The molecule has 0 spiro atoms. The normalized spacial score (nSPS) is 12.9. The van der Waals surface area contributed by atoms with E-state index in [0.717, 1.165) is 17.6 Å². The van der Waals surface area contributed by atoms with Crippen molar-refractivity contribution in [1.82, 2.24) is 4.98 Å². The Bertz CT molecular complexity index is 573. The maximum absolute atomic E-state index is 5.69. The van der Waals surface area contributed by atoms with Gasteiger partial charge in [-0.15, -0.1) is 0 Å². The van der Waals surface area contributed by atoms with E-state index >= 15 is 0 Å². The number of nitrogens with zero attached hydrogens (tertiary/aromatic N) is 1. The van der Waals surface area contributed by atoms with E-state index in [1.807, 2.05) is 0 Å². The molecule has 0 aliphatic heterocycles. The van der Waals surface area contributed by atoms with Crippen LogP contribution in [-0.4, -0.2) is 11.5 Å². The molecule has 0 radical (unpaired) electrons. The molecule has 0 amide bonds. The van der Waals surface area contributed by atoms with Gasteiger partial charge in [-0.2, -0.15) is 0 Å². The smallest absolute Gasteiger partial charge is 0.0713 e. The highest BCUT2D eigenvalue weighted by molar-refractivity contribution is 5.86. The van der Waals surface area contributed by atoms with Gasteiger partial charge in [0.1, 0.15) is 0 Å². The minimum atomic E-state index is 0.486. The Morgan fingerprint density at radius 2 is 1.78 bits per heavy atom. The third-order valence-corrected chi connectivity index (χ3v) is 3.46. The van der Waals surface area contributed by atoms with E-state index in [0.29, 0.717) is 12.5 Å². The molecule has 0 bridgehead atoms. The van der Waals surface area contributed by atoms with E-state index in [9.17, 15) is 0 Å². The van der Waals surface area contributed by atoms with E-state index in [4.69, 9.17) is 10.7 Å². The van der Waals surface area contributed by atoms with Crippen LogP contribution in [0.3, 0.4) is 0 Å². The topological polar surface area (TPSA) is 38.9 Å². The lowest BCUT2D eigenvalue weighted by Gasteiger charge is -2.12. The fourth-order valence-corrected chi connectivity index (χ4v) is 2.60. The molecule has 0 fully saturated rings. The molecule has 0 saturated carbocycles. The molecule has 0 aliphatic carbocycles. The van der Waals surface area contributed by atoms with Gasteiger partial charge in [-0.3, -0.25) is 4.98 Å². The van der Waals surface area contributed by atoms with Crippen LogP contribution in [0.15, 0.2) is 18.2 Å². The highest BCUT2D eigenvalue weighted by atomic mass is 14.7. The number of aryl methyl sites for hydroxylation is 3. The molecule has 2 rings (SSSR count). The fraction of sp³-hybridized carbons (Fsp3) is 0.438. The Balaban J connectivity index is 2.54. The van der Waals surface area contributed by atoms with Crippen molar-refractivity contribution in [3.05, 3.63) is 40.6 Å². The van der Waals surface area contributed by atoms with E-state index in [1.165, 1.54) is 22.1 Å². The summed E-state index contributed by atoms with van der Waals surface area (Å²) in [5, 5.41) is 1.30. The van der Waals surface area contributed by atoms with Crippen molar-refractivity contribution in [3.8, 4) is 0 Å². The van der Waals surface area contributed by atoms with Crippen molar-refractivity contribution < 1.29 is 0 Å². The SMILES string of the molecule is Cc1cc(C)c2c(C)cc(CC(C)CN)nc2c1. The van der Waals surface area contributed by atoms with Crippen LogP contribution in [0, 0.1) is 26.7 Å². The van der Waals surface area contributed by atoms with Gasteiger partial charge < -0.3 is 5.73 Å². The van der Waals surface area contributed by atoms with Crippen LogP contribution in [0.5, 0.6) is 0 Å². The molecule has 2 nitrogen and oxygen atoms in total. The Kier molecular flexibility index (Phi) is 3.67. The summed E-state index contributed by atoms with van der Waals surface area (Å²) in [5.41, 5.74) is 11.9. The predicted octanol–water partition coefficient (Wildman–Crippen LogP) is 3.30. The molecule has 2 N–H and O–H groups in total. The van der Waals surface area contributed by atoms with Crippen molar-refractivity contribution in [2.24, 2.45) is 11.7 Å². The lowest BCUT2D eigenvalue weighted by atomic mass is 9.99. The van der Waals surface area contributed by atoms with Gasteiger partial charge in [0.2, 0.25) is 0 Å². The maximum Gasteiger partial charge on any atom is 0.0713 e. The summed E-state index contributed by atoms with van der Waals surface area (Å²) in [6, 6.07) is 6.60. The molecule has 2 aromatic rings. The minimum absolute atomic E-state index is 0.486. The van der Waals surface area contributed by atoms with E-state index in [1.54, 1.807) is 0 Å². The molecule has 2 heteroatoms. The number of nitrogens with two attached hydrogens (primary N) is 1. The average Bonchev–Trinajstić information content (AvgIpc) is 2.26. The Morgan fingerprint density at radius 1 is 1.11 bits per heavy atom. The highest BCUT2D eigenvalue weighted by Crippen LogP contribution is 2.24. The van der Waals surface area contributed by atoms with E-state index < -0.39 is 0 Å². The fourth-order valence-electron chi connectivity index (χ4n) is 2.60. The molecule has 1 aromatic carbocycles. The standard InChI is InChI=1S/C16H22N2/c1-10-5-12(3)16-13(4)8-14(6-11(2)9-17)18-15(16)7-10/h5,7-8,11H,6,9,17H2,1-4H3. The molecule has 1 aromatic heterocycles. The first-order valence-corrected chi connectivity index (χ1v) is 6.58. The van der Waals surface area contributed by atoms with Crippen LogP contribution in [0.4, 0.5) is 0 Å². The molecular formula is C16H22N2. The lowest BCUT2D eigenvalue weighted by molar-refractivity contribution is 0.585. The number of pyridine rings is 1. The monoisotopic (exact) mass is 242 g/mol. The maximum atomic E-state index is 5.69. The van der Waals surface area contributed by atoms with Gasteiger partial charge in [-0.1, -0.05) is 13.0 Å². The molecule has 0 saturated heterocycles. The molecular weight excluding hydrogens is 220 g/mol. The first-order valence-electron chi connectivity index (χ1n) is 6.58. The van der Waals surface area contributed by atoms with Gasteiger partial charge in [0.15, 0.2) is 0 Å². The van der Waals surface area contributed by atoms with Crippen molar-refractivity contribution in [3.63, 3.8) is 0 Å². The predicted molar refractivity (Wildman–Crippen MR) is 77.9 cm³/mol. The largest absolute Gasteiger partial charge is 0.330 e. The van der Waals surface area contributed by atoms with Crippen LogP contribution in [0.25, 0.3) is 10.9 Å². The second kappa shape index (κ2) is 5.07. The number of aromatic nitrogens is 1. The van der Waals surface area contributed by atoms with Crippen molar-refractivity contribution in [2.45, 2.75) is 34.1 Å². The van der Waals surface area contributed by atoms with Gasteiger partial charge in [-0.25, -0.2) is 0 Å². The van der Waals surface area contributed by atoms with Crippen molar-refractivity contribution >= 4 is 10.9 Å². The lowest BCUT2D eigenvalue weighted by Crippen LogP contribution is -2.14. The van der Waals surface area contributed by atoms with Crippen molar-refractivity contribution in [1.29, 1.82) is 0 Å². The van der Waals surface area contributed by atoms with Crippen LogP contribution < -0.4 is 5.73 Å². The first kappa shape index (κ1) is 13.0. The van der Waals surface area contributed by atoms with Gasteiger partial charge in [0, 0.05) is 11.1 Å². The molecule has 1 heterocycles. The van der Waals surface area contributed by atoms with E-state index in [2.05, 4.69) is 45.9 Å². The van der Waals surface area contributed by atoms with Crippen LogP contribution in [0.1, 0.15) is 29.3 Å². The van der Waals surface area contributed by atoms with E-state index in [-0.39, 0.29) is 0 Å². The van der Waals surface area contributed by atoms with Crippen LogP contribution >= 0.6 is 0 Å². The minimum Gasteiger partial charge on any atom is -0.330 e. The average molecular weight is 242 g/mol. The number of rotatable bonds is 3. The summed E-state index contributed by atoms with van der Waals surface area (Å²) in [6.45, 7) is 9.34. The van der Waals surface area contributed by atoms with Gasteiger partial charge in [0.25, 0.3) is 0 Å². The summed E-state index contributed by atoms with van der Waals surface area (Å²) in [5.74, 6) is 0.486. The molecule has 96 valence electrons. The molecule has 1 unspecified atom stereocenters. The van der Waals surface area contributed by atoms with Gasteiger partial charge in [-0.05, 0) is 68.5 Å². The molecule has 1 atom stereocenters. The number of fused-ring (bicyclic) bond motifs is 1. The van der Waals surface area contributed by atoms with Crippen LogP contribution in [0.2, 0.25) is 0 Å². The number of hydrogen-bond acceptors (Lipinski definition) is 2. The summed E-state index contributed by atoms with van der Waals surface area (Å²) >= 11 is 0. The zero-order chi connectivity index (χ0) is 13.3. The summed E-state index contributed by atoms with van der Waals surface area (Å²) < 4.78 is 0. The Labute approximate surface area is 109 Å². The third-order valence-electron chi connectivity index (χ3n) is 3.46. The summed E-state index contributed by atoms with van der Waals surface area (Å²) in [7, 11) is 0. The molecule has 0 aliphatic rings. The summed E-state index contributed by atoms with van der Waals surface area (Å²) in [6.07, 6.45) is 0.959. The van der Waals surface area contributed by atoms with Crippen molar-refractivity contribution in [2.75, 3.05) is 6.54 Å². The van der Waals surface area contributed by atoms with Gasteiger partial charge >= 0.3 is 0 Å². The number of hydrogen-bond donors (Lipinski definition) is 1. The van der Waals surface area contributed by atoms with Crippen LogP contribution in [-0.2, 0) is 6.42 Å². The second-order valence-electron chi connectivity index (χ2n) is 5.45. The second-order valence-corrected chi connectivity index (χ2v) is 5.45. The molecule has 18 heavy (non-hydrogen) atoms. The summed E-state index contributed by atoms with van der Waals surface area (Å²) in [4.78, 5) is 4.79. The zero-order valence-corrected chi connectivity index (χ0v) is 11.7. The Hall–Kier alpha value is -1.41. The Morgan fingerprint density at radius 3 is 2.44 bits per heavy atom. The number of benzene rings is 1.